The summed E-state index contributed by atoms with van der Waals surface area (Å²) in [5.74, 6) is 0.0158. The van der Waals surface area contributed by atoms with Gasteiger partial charge in [-0.1, -0.05) is 37.5 Å². The second kappa shape index (κ2) is 11.1. The minimum atomic E-state index is -3.44. The number of aryl methyl sites for hydroxylation is 1. The predicted molar refractivity (Wildman–Crippen MR) is 134 cm³/mol. The third-order valence-corrected chi connectivity index (χ3v) is 7.44. The van der Waals surface area contributed by atoms with E-state index in [1.807, 2.05) is 24.1 Å². The molecule has 0 saturated heterocycles. The summed E-state index contributed by atoms with van der Waals surface area (Å²) in [6.45, 7) is 1.78. The van der Waals surface area contributed by atoms with E-state index in [0.717, 1.165) is 29.6 Å². The number of carbonyl (C=O) groups is 2. The molecule has 0 radical (unpaired) electrons. The fourth-order valence-electron chi connectivity index (χ4n) is 3.90. The van der Waals surface area contributed by atoms with Crippen molar-refractivity contribution in [1.82, 2.24) is 4.90 Å². The minimum Gasteiger partial charge on any atom is -0.342 e. The predicted octanol–water partition coefficient (Wildman–Crippen LogP) is 4.50. The summed E-state index contributed by atoms with van der Waals surface area (Å²) in [7, 11) is -1.56. The second-order valence-electron chi connectivity index (χ2n) is 8.44. The molecule has 2 amide bonds. The first-order valence-corrected chi connectivity index (χ1v) is 13.9. The maximum Gasteiger partial charge on any atom is 0.256 e. The van der Waals surface area contributed by atoms with E-state index < -0.39 is 10.0 Å². The largest absolute Gasteiger partial charge is 0.342 e. The second-order valence-corrected chi connectivity index (χ2v) is 11.2. The van der Waals surface area contributed by atoms with Gasteiger partial charge in [0.05, 0.1) is 23.3 Å². The van der Waals surface area contributed by atoms with E-state index >= 15 is 0 Å². The van der Waals surface area contributed by atoms with Crippen molar-refractivity contribution in [2.45, 2.75) is 50.0 Å². The zero-order chi connectivity index (χ0) is 24.0. The van der Waals surface area contributed by atoms with Gasteiger partial charge in [0.1, 0.15) is 0 Å². The number of hydrogen-bond donors (Lipinski definition) is 2. The topological polar surface area (TPSA) is 95.6 Å². The lowest BCUT2D eigenvalue weighted by Gasteiger charge is -2.31. The quantitative estimate of drug-likeness (QED) is 0.532. The van der Waals surface area contributed by atoms with Crippen molar-refractivity contribution >= 4 is 45.0 Å². The van der Waals surface area contributed by atoms with Gasteiger partial charge in [-0.15, -0.1) is 11.8 Å². The molecule has 178 valence electrons. The van der Waals surface area contributed by atoms with Crippen molar-refractivity contribution in [2.24, 2.45) is 0 Å². The Bertz CT molecular complexity index is 1110. The maximum absolute atomic E-state index is 13.0. The number of amides is 2. The van der Waals surface area contributed by atoms with Gasteiger partial charge in [-0.3, -0.25) is 14.3 Å². The molecule has 0 atom stereocenters. The molecular formula is C24H31N3O4S2. The van der Waals surface area contributed by atoms with Crippen LogP contribution in [-0.4, -0.2) is 50.2 Å². The van der Waals surface area contributed by atoms with Gasteiger partial charge in [-0.2, -0.15) is 0 Å². The number of benzene rings is 2. The molecule has 2 aromatic rings. The molecule has 0 bridgehead atoms. The molecule has 9 heteroatoms. The van der Waals surface area contributed by atoms with Crippen molar-refractivity contribution in [1.29, 1.82) is 0 Å². The maximum atomic E-state index is 13.0. The lowest BCUT2D eigenvalue weighted by atomic mass is 9.94. The Morgan fingerprint density at radius 2 is 1.79 bits per heavy atom. The number of hydrogen-bond acceptors (Lipinski definition) is 5. The Morgan fingerprint density at radius 3 is 2.48 bits per heavy atom. The summed E-state index contributed by atoms with van der Waals surface area (Å²) in [6, 6.07) is 12.5. The number of rotatable bonds is 8. The summed E-state index contributed by atoms with van der Waals surface area (Å²) in [6.07, 6.45) is 6.76. The molecule has 33 heavy (non-hydrogen) atoms. The van der Waals surface area contributed by atoms with Gasteiger partial charge in [-0.05, 0) is 49.6 Å². The van der Waals surface area contributed by atoms with Gasteiger partial charge < -0.3 is 10.2 Å². The van der Waals surface area contributed by atoms with Crippen LogP contribution in [0.2, 0.25) is 0 Å². The van der Waals surface area contributed by atoms with Crippen molar-refractivity contribution in [3.8, 4) is 0 Å². The number of anilines is 2. The molecule has 0 unspecified atom stereocenters. The SMILES string of the molecule is Cc1ccc(NC(=O)c2ccccc2SCC(=O)N(C)C2CCCCC2)cc1NS(C)(=O)=O. The van der Waals surface area contributed by atoms with Gasteiger partial charge in [0.15, 0.2) is 0 Å². The van der Waals surface area contributed by atoms with Crippen molar-refractivity contribution in [2.75, 3.05) is 29.1 Å². The molecule has 1 saturated carbocycles. The average molecular weight is 490 g/mol. The summed E-state index contributed by atoms with van der Waals surface area (Å²) >= 11 is 1.36. The average Bonchev–Trinajstić information content (AvgIpc) is 2.79. The highest BCUT2D eigenvalue weighted by Gasteiger charge is 2.22. The number of thioether (sulfide) groups is 1. The van der Waals surface area contributed by atoms with Crippen LogP contribution in [0.3, 0.4) is 0 Å². The molecule has 3 rings (SSSR count). The molecule has 0 aromatic heterocycles. The molecule has 1 aliphatic carbocycles. The zero-order valence-corrected chi connectivity index (χ0v) is 20.9. The van der Waals surface area contributed by atoms with Crippen LogP contribution >= 0.6 is 11.8 Å². The molecule has 0 aliphatic heterocycles. The first-order valence-electron chi connectivity index (χ1n) is 11.0. The van der Waals surface area contributed by atoms with E-state index in [1.165, 1.54) is 31.0 Å². The Morgan fingerprint density at radius 1 is 1.09 bits per heavy atom. The molecule has 7 nitrogen and oxygen atoms in total. The fraction of sp³-hybridized carbons (Fsp3) is 0.417. The smallest absolute Gasteiger partial charge is 0.256 e. The van der Waals surface area contributed by atoms with Crippen LogP contribution in [0.5, 0.6) is 0 Å². The molecule has 1 fully saturated rings. The molecule has 0 spiro atoms. The molecule has 1 aliphatic rings. The van der Waals surface area contributed by atoms with Crippen molar-refractivity contribution < 1.29 is 18.0 Å². The molecular weight excluding hydrogens is 458 g/mol. The lowest BCUT2D eigenvalue weighted by molar-refractivity contribution is -0.129. The zero-order valence-electron chi connectivity index (χ0n) is 19.3. The highest BCUT2D eigenvalue weighted by Crippen LogP contribution is 2.27. The monoisotopic (exact) mass is 489 g/mol. The Hall–Kier alpha value is -2.52. The fourth-order valence-corrected chi connectivity index (χ4v) is 5.49. The van der Waals surface area contributed by atoms with Crippen molar-refractivity contribution in [3.05, 3.63) is 53.6 Å². The van der Waals surface area contributed by atoms with Crippen LogP contribution in [0.4, 0.5) is 11.4 Å². The number of sulfonamides is 1. The van der Waals surface area contributed by atoms with E-state index in [4.69, 9.17) is 0 Å². The first kappa shape index (κ1) is 25.1. The Balaban J connectivity index is 1.68. The van der Waals surface area contributed by atoms with Crippen LogP contribution in [0.25, 0.3) is 0 Å². The van der Waals surface area contributed by atoms with E-state index in [1.54, 1.807) is 37.3 Å². The molecule has 2 aromatic carbocycles. The summed E-state index contributed by atoms with van der Waals surface area (Å²) in [5, 5.41) is 2.83. The summed E-state index contributed by atoms with van der Waals surface area (Å²) in [5.41, 5.74) is 2.10. The molecule has 2 N–H and O–H groups in total. The summed E-state index contributed by atoms with van der Waals surface area (Å²) < 4.78 is 25.7. The van der Waals surface area contributed by atoms with E-state index in [2.05, 4.69) is 10.0 Å². The van der Waals surface area contributed by atoms with Crippen LogP contribution < -0.4 is 10.0 Å². The van der Waals surface area contributed by atoms with Crippen LogP contribution in [0, 0.1) is 6.92 Å². The highest BCUT2D eigenvalue weighted by molar-refractivity contribution is 8.00. The number of carbonyl (C=O) groups excluding carboxylic acids is 2. The molecule has 0 heterocycles. The standard InChI is InChI=1S/C24H31N3O4S2/c1-17-13-14-18(15-21(17)26-33(3,30)31)25-24(29)20-11-7-8-12-22(20)32-16-23(28)27(2)19-9-5-4-6-10-19/h7-8,11-15,19,26H,4-6,9-10,16H2,1-3H3,(H,25,29). The summed E-state index contributed by atoms with van der Waals surface area (Å²) in [4.78, 5) is 28.3. The lowest BCUT2D eigenvalue weighted by Crippen LogP contribution is -2.39. The third kappa shape index (κ3) is 7.23. The van der Waals surface area contributed by atoms with E-state index in [-0.39, 0.29) is 17.6 Å². The van der Waals surface area contributed by atoms with Crippen LogP contribution in [0.1, 0.15) is 48.0 Å². The minimum absolute atomic E-state index is 0.0668. The highest BCUT2D eigenvalue weighted by atomic mass is 32.2. The van der Waals surface area contributed by atoms with Gasteiger partial charge in [-0.25, -0.2) is 8.42 Å². The Labute approximate surface area is 200 Å². The third-order valence-electron chi connectivity index (χ3n) is 5.79. The normalized spacial score (nSPS) is 14.5. The van der Waals surface area contributed by atoms with E-state index in [0.29, 0.717) is 23.0 Å². The number of nitrogens with zero attached hydrogens (tertiary/aromatic N) is 1. The Kier molecular flexibility index (Phi) is 8.42. The van der Waals surface area contributed by atoms with Crippen LogP contribution in [0.15, 0.2) is 47.4 Å². The van der Waals surface area contributed by atoms with Crippen LogP contribution in [-0.2, 0) is 14.8 Å². The van der Waals surface area contributed by atoms with Gasteiger partial charge >= 0.3 is 0 Å². The van der Waals surface area contributed by atoms with Gasteiger partial charge in [0.25, 0.3) is 5.91 Å². The number of nitrogens with one attached hydrogen (secondary N) is 2. The first-order chi connectivity index (χ1) is 15.6. The van der Waals surface area contributed by atoms with E-state index in [9.17, 15) is 18.0 Å². The van der Waals surface area contributed by atoms with Gasteiger partial charge in [0.2, 0.25) is 15.9 Å². The van der Waals surface area contributed by atoms with Crippen molar-refractivity contribution in [3.63, 3.8) is 0 Å². The van der Waals surface area contributed by atoms with Gasteiger partial charge in [0, 0.05) is 23.7 Å².